The zero-order valence-electron chi connectivity index (χ0n) is 10.7. The number of alkyl halides is 3. The van der Waals surface area contributed by atoms with E-state index < -0.39 is 17.6 Å². The van der Waals surface area contributed by atoms with E-state index in [0.717, 1.165) is 6.07 Å². The summed E-state index contributed by atoms with van der Waals surface area (Å²) < 4.78 is 39.0. The molecule has 0 spiro atoms. The van der Waals surface area contributed by atoms with Crippen molar-refractivity contribution in [3.8, 4) is 0 Å². The number of hydrogen-bond acceptors (Lipinski definition) is 3. The lowest BCUT2D eigenvalue weighted by molar-refractivity contribution is -0.137. The quantitative estimate of drug-likeness (QED) is 0.384. The third-order valence-corrected chi connectivity index (χ3v) is 2.82. The Kier molecular flexibility index (Phi) is 4.63. The summed E-state index contributed by atoms with van der Waals surface area (Å²) in [5, 5.41) is 11.2. The largest absolute Gasteiger partial charge is 0.417 e. The first kappa shape index (κ1) is 15.1. The number of halogens is 3. The van der Waals surface area contributed by atoms with Crippen LogP contribution in [0.1, 0.15) is 25.0 Å². The third kappa shape index (κ3) is 3.30. The molecule has 0 atom stereocenters. The predicted octanol–water partition coefficient (Wildman–Crippen LogP) is 2.65. The Morgan fingerprint density at radius 2 is 1.89 bits per heavy atom. The molecule has 3 N–H and O–H groups in total. The molecule has 1 rings (SSSR count). The van der Waals surface area contributed by atoms with E-state index in [1.807, 2.05) is 13.8 Å². The highest BCUT2D eigenvalue weighted by Crippen LogP contribution is 2.34. The molecule has 1 aromatic rings. The summed E-state index contributed by atoms with van der Waals surface area (Å²) in [6.07, 6.45) is -4.56. The Bertz CT molecular complexity index is 468. The minimum absolute atomic E-state index is 0.328. The summed E-state index contributed by atoms with van der Waals surface area (Å²) in [5.41, 5.74) is 4.48. The molecule has 0 aliphatic carbocycles. The van der Waals surface area contributed by atoms with Gasteiger partial charge in [-0.2, -0.15) is 13.2 Å². The van der Waals surface area contributed by atoms with Crippen LogP contribution in [0, 0.1) is 0 Å². The lowest BCUT2D eigenvalue weighted by Gasteiger charge is -2.23. The average Bonchev–Trinajstić information content (AvgIpc) is 2.38. The van der Waals surface area contributed by atoms with Crippen LogP contribution in [0.15, 0.2) is 23.4 Å². The van der Waals surface area contributed by atoms with Crippen molar-refractivity contribution in [1.82, 2.24) is 0 Å². The second-order valence-corrected chi connectivity index (χ2v) is 3.89. The van der Waals surface area contributed by atoms with Crippen LogP contribution in [0.3, 0.4) is 0 Å². The molecule has 1 aromatic carbocycles. The second kappa shape index (κ2) is 5.81. The molecular weight excluding hydrogens is 259 g/mol. The van der Waals surface area contributed by atoms with Gasteiger partial charge in [0.25, 0.3) is 0 Å². The van der Waals surface area contributed by atoms with Crippen molar-refractivity contribution in [3.05, 3.63) is 29.3 Å². The third-order valence-electron chi connectivity index (χ3n) is 2.82. The molecule has 0 heterocycles. The molecule has 0 amide bonds. The van der Waals surface area contributed by atoms with Gasteiger partial charge in [-0.1, -0.05) is 5.16 Å². The SMILES string of the molecule is CCN(CC)c1ccc(/C(N)=N/O)c(C(F)(F)F)c1. The standard InChI is InChI=1S/C12H16F3N3O/c1-3-18(4-2)8-5-6-9(11(16)17-19)10(7-8)12(13,14)15/h5-7,19H,3-4H2,1-2H3,(H2,16,17). The maximum Gasteiger partial charge on any atom is 0.417 e. The van der Waals surface area contributed by atoms with Crippen LogP contribution in [0.5, 0.6) is 0 Å². The van der Waals surface area contributed by atoms with Gasteiger partial charge in [0, 0.05) is 24.3 Å². The van der Waals surface area contributed by atoms with E-state index in [2.05, 4.69) is 5.16 Å². The number of benzene rings is 1. The molecule has 0 saturated heterocycles. The highest BCUT2D eigenvalue weighted by Gasteiger charge is 2.35. The molecule has 4 nitrogen and oxygen atoms in total. The molecule has 0 bridgehead atoms. The Morgan fingerprint density at radius 1 is 1.32 bits per heavy atom. The molecule has 0 radical (unpaired) electrons. The molecule has 0 saturated carbocycles. The second-order valence-electron chi connectivity index (χ2n) is 3.89. The number of oxime groups is 1. The molecule has 106 valence electrons. The lowest BCUT2D eigenvalue weighted by atomic mass is 10.0. The molecule has 0 unspecified atom stereocenters. The minimum Gasteiger partial charge on any atom is -0.409 e. The van der Waals surface area contributed by atoms with Crippen LogP contribution in [0.2, 0.25) is 0 Å². The van der Waals surface area contributed by atoms with Gasteiger partial charge in [0.05, 0.1) is 5.56 Å². The maximum absolute atomic E-state index is 13.0. The Hall–Kier alpha value is -1.92. The Balaban J connectivity index is 3.39. The molecule has 19 heavy (non-hydrogen) atoms. The molecule has 0 aliphatic rings. The van der Waals surface area contributed by atoms with Crippen LogP contribution < -0.4 is 10.6 Å². The number of hydrogen-bond donors (Lipinski definition) is 2. The van der Waals surface area contributed by atoms with Gasteiger partial charge in [-0.25, -0.2) is 0 Å². The van der Waals surface area contributed by atoms with Gasteiger partial charge in [0.2, 0.25) is 0 Å². The van der Waals surface area contributed by atoms with E-state index in [1.54, 1.807) is 4.90 Å². The summed E-state index contributed by atoms with van der Waals surface area (Å²) in [5.74, 6) is -0.557. The van der Waals surface area contributed by atoms with E-state index in [9.17, 15) is 13.2 Å². The normalized spacial score (nSPS) is 12.6. The number of nitrogens with zero attached hydrogens (tertiary/aromatic N) is 2. The number of nitrogens with two attached hydrogens (primary N) is 1. The highest BCUT2D eigenvalue weighted by atomic mass is 19.4. The molecule has 0 aromatic heterocycles. The van der Waals surface area contributed by atoms with Crippen LogP contribution >= 0.6 is 0 Å². The van der Waals surface area contributed by atoms with Crippen molar-refractivity contribution in [3.63, 3.8) is 0 Å². The summed E-state index contributed by atoms with van der Waals surface area (Å²) in [7, 11) is 0. The van der Waals surface area contributed by atoms with Crippen molar-refractivity contribution in [2.24, 2.45) is 10.9 Å². The van der Waals surface area contributed by atoms with Crippen molar-refractivity contribution < 1.29 is 18.4 Å². The van der Waals surface area contributed by atoms with E-state index in [-0.39, 0.29) is 5.56 Å². The average molecular weight is 275 g/mol. The van der Waals surface area contributed by atoms with Gasteiger partial charge < -0.3 is 15.8 Å². The molecule has 0 fully saturated rings. The Labute approximate surface area is 109 Å². The van der Waals surface area contributed by atoms with Crippen molar-refractivity contribution >= 4 is 11.5 Å². The summed E-state index contributed by atoms with van der Waals surface area (Å²) in [6.45, 7) is 4.90. The first-order chi connectivity index (χ1) is 8.85. The molecule has 7 heteroatoms. The summed E-state index contributed by atoms with van der Waals surface area (Å²) >= 11 is 0. The first-order valence-corrected chi connectivity index (χ1v) is 5.79. The zero-order chi connectivity index (χ0) is 14.6. The number of amidine groups is 1. The van der Waals surface area contributed by atoms with Crippen molar-refractivity contribution in [1.29, 1.82) is 0 Å². The minimum atomic E-state index is -4.56. The van der Waals surface area contributed by atoms with Gasteiger partial charge in [-0.05, 0) is 32.0 Å². The van der Waals surface area contributed by atoms with Gasteiger partial charge in [-0.3, -0.25) is 0 Å². The smallest absolute Gasteiger partial charge is 0.409 e. The van der Waals surface area contributed by atoms with Crippen LogP contribution in [0.25, 0.3) is 0 Å². The van der Waals surface area contributed by atoms with E-state index >= 15 is 0 Å². The number of anilines is 1. The van der Waals surface area contributed by atoms with Gasteiger partial charge in [0.15, 0.2) is 5.84 Å². The fourth-order valence-electron chi connectivity index (χ4n) is 1.83. The molecule has 0 aliphatic heterocycles. The van der Waals surface area contributed by atoms with Crippen molar-refractivity contribution in [2.45, 2.75) is 20.0 Å². The Morgan fingerprint density at radius 3 is 2.32 bits per heavy atom. The molecular formula is C12H16F3N3O. The topological polar surface area (TPSA) is 61.8 Å². The van der Waals surface area contributed by atoms with Gasteiger partial charge >= 0.3 is 6.18 Å². The van der Waals surface area contributed by atoms with Crippen molar-refractivity contribution in [2.75, 3.05) is 18.0 Å². The van der Waals surface area contributed by atoms with E-state index in [4.69, 9.17) is 10.9 Å². The van der Waals surface area contributed by atoms with Crippen LogP contribution in [-0.2, 0) is 6.18 Å². The fourth-order valence-corrected chi connectivity index (χ4v) is 1.83. The predicted molar refractivity (Wildman–Crippen MR) is 67.5 cm³/mol. The zero-order valence-corrected chi connectivity index (χ0v) is 10.7. The van der Waals surface area contributed by atoms with Crippen LogP contribution in [-0.4, -0.2) is 24.1 Å². The summed E-state index contributed by atoms with van der Waals surface area (Å²) in [6, 6.07) is 3.75. The monoisotopic (exact) mass is 275 g/mol. The fraction of sp³-hybridized carbons (Fsp3) is 0.417. The number of rotatable bonds is 4. The van der Waals surface area contributed by atoms with Gasteiger partial charge in [0.1, 0.15) is 0 Å². The summed E-state index contributed by atoms with van der Waals surface area (Å²) in [4.78, 5) is 1.78. The maximum atomic E-state index is 13.0. The lowest BCUT2D eigenvalue weighted by Crippen LogP contribution is -2.24. The van der Waals surface area contributed by atoms with E-state index in [0.29, 0.717) is 18.8 Å². The van der Waals surface area contributed by atoms with Crippen LogP contribution in [0.4, 0.5) is 18.9 Å². The first-order valence-electron chi connectivity index (χ1n) is 5.79. The van der Waals surface area contributed by atoms with Gasteiger partial charge in [-0.15, -0.1) is 0 Å². The highest BCUT2D eigenvalue weighted by molar-refractivity contribution is 5.99. The van der Waals surface area contributed by atoms with E-state index in [1.165, 1.54) is 12.1 Å².